The van der Waals surface area contributed by atoms with Gasteiger partial charge in [-0.15, -0.1) is 11.3 Å². The molecule has 0 spiro atoms. The van der Waals surface area contributed by atoms with E-state index in [1.54, 1.807) is 18.3 Å². The normalized spacial score (nSPS) is 13.2. The molecule has 3 nitrogen and oxygen atoms in total. The molecule has 0 unspecified atom stereocenters. The smallest absolute Gasteiger partial charge is 0.254 e. The number of hydrogen-bond acceptors (Lipinski definition) is 3. The van der Waals surface area contributed by atoms with E-state index in [0.717, 1.165) is 17.7 Å². The van der Waals surface area contributed by atoms with Gasteiger partial charge < -0.3 is 11.1 Å². The van der Waals surface area contributed by atoms with Gasteiger partial charge in [0.2, 0.25) is 0 Å². The van der Waals surface area contributed by atoms with Crippen LogP contribution in [0.15, 0.2) is 18.2 Å². The number of nitrogens with two attached hydrogens (primary N) is 1. The molecule has 0 radical (unpaired) electrons. The Bertz CT molecular complexity index is 687. The molecule has 1 amide bonds. The average molecular weight is 304 g/mol. The van der Waals surface area contributed by atoms with Crippen LogP contribution in [0.5, 0.6) is 0 Å². The Balaban J connectivity index is 1.71. The molecule has 1 aromatic heterocycles. The molecule has 0 atom stereocenters. The monoisotopic (exact) mass is 304 g/mol. The van der Waals surface area contributed by atoms with E-state index in [1.165, 1.54) is 29.0 Å². The van der Waals surface area contributed by atoms with Gasteiger partial charge in [-0.2, -0.15) is 0 Å². The largest absolute Gasteiger partial charge is 0.399 e. The number of amides is 1. The van der Waals surface area contributed by atoms with Gasteiger partial charge in [0.05, 0.1) is 12.1 Å². The first-order valence-electron chi connectivity index (χ1n) is 6.99. The molecule has 0 bridgehead atoms. The topological polar surface area (TPSA) is 55.1 Å². The zero-order valence-corrected chi connectivity index (χ0v) is 12.6. The molecule has 3 N–H and O–H groups in total. The van der Waals surface area contributed by atoms with Crippen molar-refractivity contribution in [2.75, 3.05) is 5.73 Å². The Morgan fingerprint density at radius 1 is 1.38 bits per heavy atom. The van der Waals surface area contributed by atoms with Crippen LogP contribution in [0.25, 0.3) is 0 Å². The maximum atomic E-state index is 14.0. The summed E-state index contributed by atoms with van der Waals surface area (Å²) in [4.78, 5) is 14.7. The van der Waals surface area contributed by atoms with Crippen LogP contribution in [0.4, 0.5) is 10.1 Å². The number of benzene rings is 1. The third kappa shape index (κ3) is 2.78. The number of nitrogens with one attached hydrogen (secondary N) is 1. The molecule has 0 saturated heterocycles. The Labute approximate surface area is 127 Å². The standard InChI is InChI=1S/C16H17FN2OS/c1-9-5-11(18)7-13(15(9)17)16(20)19-8-12-6-10-3-2-4-14(10)21-12/h5-7H,2-4,8,18H2,1H3,(H,19,20). The average Bonchev–Trinajstić information content (AvgIpc) is 3.01. The van der Waals surface area contributed by atoms with Gasteiger partial charge in [-0.1, -0.05) is 0 Å². The second kappa shape index (κ2) is 5.48. The summed E-state index contributed by atoms with van der Waals surface area (Å²) in [6.45, 7) is 2.04. The Hall–Kier alpha value is -1.88. The molecule has 1 heterocycles. The van der Waals surface area contributed by atoms with Crippen LogP contribution < -0.4 is 11.1 Å². The number of hydrogen-bond donors (Lipinski definition) is 2. The maximum absolute atomic E-state index is 14.0. The molecule has 21 heavy (non-hydrogen) atoms. The van der Waals surface area contributed by atoms with Crippen LogP contribution in [0.2, 0.25) is 0 Å². The van der Waals surface area contributed by atoms with Crippen LogP contribution in [0, 0.1) is 12.7 Å². The highest BCUT2D eigenvalue weighted by atomic mass is 32.1. The number of carbonyl (C=O) groups is 1. The molecule has 1 aliphatic rings. The molecule has 3 rings (SSSR count). The van der Waals surface area contributed by atoms with Crippen molar-refractivity contribution in [3.05, 3.63) is 50.5 Å². The molecule has 0 saturated carbocycles. The van der Waals surface area contributed by atoms with Gasteiger partial charge in [0.1, 0.15) is 5.82 Å². The highest BCUT2D eigenvalue weighted by molar-refractivity contribution is 7.12. The van der Waals surface area contributed by atoms with Crippen LogP contribution in [0.3, 0.4) is 0 Å². The van der Waals surface area contributed by atoms with Crippen LogP contribution in [0.1, 0.15) is 37.7 Å². The van der Waals surface area contributed by atoms with Gasteiger partial charge in [-0.25, -0.2) is 4.39 Å². The molecule has 110 valence electrons. The first-order valence-corrected chi connectivity index (χ1v) is 7.80. The van der Waals surface area contributed by atoms with Crippen molar-refractivity contribution in [2.45, 2.75) is 32.7 Å². The van der Waals surface area contributed by atoms with Crippen LogP contribution in [-0.2, 0) is 19.4 Å². The number of thiophene rings is 1. The van der Waals surface area contributed by atoms with Gasteiger partial charge in [0.25, 0.3) is 5.91 Å². The summed E-state index contributed by atoms with van der Waals surface area (Å²) < 4.78 is 14.0. The van der Waals surface area contributed by atoms with E-state index in [2.05, 4.69) is 11.4 Å². The number of carbonyl (C=O) groups excluding carboxylic acids is 1. The third-order valence-corrected chi connectivity index (χ3v) is 4.98. The number of nitrogen functional groups attached to an aromatic ring is 1. The lowest BCUT2D eigenvalue weighted by molar-refractivity contribution is 0.0947. The number of rotatable bonds is 3. The van der Waals surface area contributed by atoms with Gasteiger partial charge in [0.15, 0.2) is 0 Å². The van der Waals surface area contributed by atoms with Crippen molar-refractivity contribution in [2.24, 2.45) is 0 Å². The van der Waals surface area contributed by atoms with Gasteiger partial charge in [-0.05, 0) is 55.5 Å². The van der Waals surface area contributed by atoms with E-state index in [4.69, 9.17) is 5.73 Å². The van der Waals surface area contributed by atoms with Crippen molar-refractivity contribution < 1.29 is 9.18 Å². The summed E-state index contributed by atoms with van der Waals surface area (Å²) in [6.07, 6.45) is 3.49. The highest BCUT2D eigenvalue weighted by Crippen LogP contribution is 2.30. The minimum absolute atomic E-state index is 0.0107. The molecular weight excluding hydrogens is 287 g/mol. The Morgan fingerprint density at radius 2 is 2.19 bits per heavy atom. The third-order valence-electron chi connectivity index (χ3n) is 3.74. The molecule has 0 fully saturated rings. The summed E-state index contributed by atoms with van der Waals surface area (Å²) in [7, 11) is 0. The van der Waals surface area contributed by atoms with Crippen molar-refractivity contribution in [3.63, 3.8) is 0 Å². The van der Waals surface area contributed by atoms with E-state index < -0.39 is 11.7 Å². The fraction of sp³-hybridized carbons (Fsp3) is 0.312. The van der Waals surface area contributed by atoms with Gasteiger partial charge in [0, 0.05) is 15.4 Å². The van der Waals surface area contributed by atoms with Crippen LogP contribution >= 0.6 is 11.3 Å². The summed E-state index contributed by atoms with van der Waals surface area (Å²) in [5, 5.41) is 2.78. The number of fused-ring (bicyclic) bond motifs is 1. The molecule has 2 aromatic rings. The molecular formula is C16H17FN2OS. The minimum Gasteiger partial charge on any atom is -0.399 e. The molecule has 1 aromatic carbocycles. The Kier molecular flexibility index (Phi) is 3.68. The second-order valence-electron chi connectivity index (χ2n) is 5.40. The Morgan fingerprint density at radius 3 is 2.95 bits per heavy atom. The van der Waals surface area contributed by atoms with E-state index in [0.29, 0.717) is 17.8 Å². The van der Waals surface area contributed by atoms with Gasteiger partial charge in [-0.3, -0.25) is 4.79 Å². The summed E-state index contributed by atoms with van der Waals surface area (Å²) in [6, 6.07) is 5.05. The summed E-state index contributed by atoms with van der Waals surface area (Å²) >= 11 is 1.74. The van der Waals surface area contributed by atoms with E-state index >= 15 is 0 Å². The number of aryl methyl sites for hydroxylation is 3. The lowest BCUT2D eigenvalue weighted by Crippen LogP contribution is -2.24. The van der Waals surface area contributed by atoms with Crippen LogP contribution in [-0.4, -0.2) is 5.91 Å². The minimum atomic E-state index is -0.504. The van der Waals surface area contributed by atoms with Gasteiger partial charge >= 0.3 is 0 Å². The molecule has 1 aliphatic carbocycles. The lowest BCUT2D eigenvalue weighted by atomic mass is 10.1. The maximum Gasteiger partial charge on any atom is 0.254 e. The highest BCUT2D eigenvalue weighted by Gasteiger charge is 2.17. The fourth-order valence-electron chi connectivity index (χ4n) is 2.70. The zero-order chi connectivity index (χ0) is 15.0. The number of halogens is 1. The molecule has 5 heteroatoms. The first kappa shape index (κ1) is 14.1. The van der Waals surface area contributed by atoms with E-state index in [9.17, 15) is 9.18 Å². The predicted molar refractivity (Wildman–Crippen MR) is 83.1 cm³/mol. The van der Waals surface area contributed by atoms with Crippen molar-refractivity contribution in [1.82, 2.24) is 5.32 Å². The molecule has 0 aliphatic heterocycles. The van der Waals surface area contributed by atoms with Crippen molar-refractivity contribution in [3.8, 4) is 0 Å². The zero-order valence-electron chi connectivity index (χ0n) is 11.8. The van der Waals surface area contributed by atoms with Crippen molar-refractivity contribution in [1.29, 1.82) is 0 Å². The SMILES string of the molecule is Cc1cc(N)cc(C(=O)NCc2cc3c(s2)CCC3)c1F. The fourth-order valence-corrected chi connectivity index (χ4v) is 3.90. The second-order valence-corrected chi connectivity index (χ2v) is 6.62. The van der Waals surface area contributed by atoms with Crippen molar-refractivity contribution >= 4 is 22.9 Å². The summed E-state index contributed by atoms with van der Waals surface area (Å²) in [5.41, 5.74) is 7.87. The first-order chi connectivity index (χ1) is 10.0. The van der Waals surface area contributed by atoms with E-state index in [-0.39, 0.29) is 5.56 Å². The summed E-state index contributed by atoms with van der Waals surface area (Å²) in [5.74, 6) is -0.924. The van der Waals surface area contributed by atoms with E-state index in [1.807, 2.05) is 0 Å². The lowest BCUT2D eigenvalue weighted by Gasteiger charge is -2.08. The number of anilines is 1. The predicted octanol–water partition coefficient (Wildman–Crippen LogP) is 3.20. The quantitative estimate of drug-likeness (QED) is 0.856.